The molecule has 0 amide bonds. The summed E-state index contributed by atoms with van der Waals surface area (Å²) in [5.74, 6) is 0. The number of anilines is 1. The van der Waals surface area contributed by atoms with Gasteiger partial charge in [-0.3, -0.25) is 0 Å². The summed E-state index contributed by atoms with van der Waals surface area (Å²) >= 11 is 0. The molecule has 0 saturated heterocycles. The van der Waals surface area contributed by atoms with Crippen molar-refractivity contribution in [3.63, 3.8) is 0 Å². The monoisotopic (exact) mass is 274 g/mol. The molecule has 0 bridgehead atoms. The highest BCUT2D eigenvalue weighted by Crippen LogP contribution is 2.27. The third-order valence-corrected chi connectivity index (χ3v) is 4.62. The Morgan fingerprint density at radius 3 is 2.65 bits per heavy atom. The molecule has 1 aliphatic rings. The predicted octanol–water partition coefficient (Wildman–Crippen LogP) is 4.00. The lowest BCUT2D eigenvalue weighted by atomic mass is 10.1. The van der Waals surface area contributed by atoms with Gasteiger partial charge in [0.1, 0.15) is 0 Å². The molecule has 1 aromatic carbocycles. The first-order valence-electron chi connectivity index (χ1n) is 8.34. The van der Waals surface area contributed by atoms with E-state index in [-0.39, 0.29) is 0 Å². The van der Waals surface area contributed by atoms with E-state index in [1.54, 1.807) is 0 Å². The standard InChI is InChI=1S/C18H30N2/c1-4-17(5-2)19-14-15(3)20-13-9-8-11-16-10-6-7-12-18(16)20/h6-7,10,12,15,17,19H,4-5,8-9,11,13-14H2,1-3H3. The van der Waals surface area contributed by atoms with Gasteiger partial charge in [-0.1, -0.05) is 32.0 Å². The van der Waals surface area contributed by atoms with Crippen LogP contribution in [0.15, 0.2) is 24.3 Å². The summed E-state index contributed by atoms with van der Waals surface area (Å²) in [5.41, 5.74) is 2.99. The van der Waals surface area contributed by atoms with Crippen LogP contribution in [-0.2, 0) is 6.42 Å². The van der Waals surface area contributed by atoms with Crippen LogP contribution in [0.25, 0.3) is 0 Å². The Hall–Kier alpha value is -1.02. The summed E-state index contributed by atoms with van der Waals surface area (Å²) in [4.78, 5) is 2.61. The van der Waals surface area contributed by atoms with Crippen LogP contribution in [0.3, 0.4) is 0 Å². The second-order valence-corrected chi connectivity index (χ2v) is 6.05. The Kier molecular flexibility index (Phi) is 5.90. The Morgan fingerprint density at radius 2 is 1.90 bits per heavy atom. The lowest BCUT2D eigenvalue weighted by Crippen LogP contribution is -2.43. The quantitative estimate of drug-likeness (QED) is 0.843. The molecule has 0 spiro atoms. The maximum Gasteiger partial charge on any atom is 0.0401 e. The molecule has 1 aliphatic heterocycles. The van der Waals surface area contributed by atoms with Crippen LogP contribution in [0.2, 0.25) is 0 Å². The van der Waals surface area contributed by atoms with Gasteiger partial charge >= 0.3 is 0 Å². The van der Waals surface area contributed by atoms with E-state index in [2.05, 4.69) is 55.3 Å². The first-order chi connectivity index (χ1) is 9.76. The molecule has 112 valence electrons. The van der Waals surface area contributed by atoms with Crippen LogP contribution >= 0.6 is 0 Å². The molecule has 0 saturated carbocycles. The zero-order chi connectivity index (χ0) is 14.4. The van der Waals surface area contributed by atoms with Crippen molar-refractivity contribution in [3.05, 3.63) is 29.8 Å². The van der Waals surface area contributed by atoms with E-state index >= 15 is 0 Å². The molecular formula is C18H30N2. The van der Waals surface area contributed by atoms with Crippen LogP contribution in [0, 0.1) is 0 Å². The molecule has 1 unspecified atom stereocenters. The molecule has 1 heterocycles. The van der Waals surface area contributed by atoms with Gasteiger partial charge in [-0.05, 0) is 50.7 Å². The Morgan fingerprint density at radius 1 is 1.15 bits per heavy atom. The van der Waals surface area contributed by atoms with Crippen molar-refractivity contribution in [2.45, 2.75) is 65.0 Å². The summed E-state index contributed by atoms with van der Waals surface area (Å²) in [6, 6.07) is 10.2. The van der Waals surface area contributed by atoms with Gasteiger partial charge in [0.25, 0.3) is 0 Å². The maximum absolute atomic E-state index is 3.73. The van der Waals surface area contributed by atoms with E-state index in [1.165, 1.54) is 49.9 Å². The van der Waals surface area contributed by atoms with Gasteiger partial charge in [-0.15, -0.1) is 0 Å². The second-order valence-electron chi connectivity index (χ2n) is 6.05. The average Bonchev–Trinajstić information content (AvgIpc) is 2.70. The first kappa shape index (κ1) is 15.4. The molecule has 1 aromatic rings. The molecule has 1 N–H and O–H groups in total. The lowest BCUT2D eigenvalue weighted by Gasteiger charge is -2.32. The summed E-state index contributed by atoms with van der Waals surface area (Å²) < 4.78 is 0. The number of hydrogen-bond acceptors (Lipinski definition) is 2. The number of fused-ring (bicyclic) bond motifs is 1. The van der Waals surface area contributed by atoms with E-state index in [9.17, 15) is 0 Å². The minimum Gasteiger partial charge on any atom is -0.367 e. The minimum atomic E-state index is 0.565. The van der Waals surface area contributed by atoms with Gasteiger partial charge in [0.05, 0.1) is 0 Å². The molecule has 2 heteroatoms. The second kappa shape index (κ2) is 7.68. The number of aryl methyl sites for hydroxylation is 1. The molecule has 2 nitrogen and oxygen atoms in total. The Balaban J connectivity index is 2.03. The van der Waals surface area contributed by atoms with Crippen molar-refractivity contribution in [1.29, 1.82) is 0 Å². The molecule has 0 fully saturated rings. The number of para-hydroxylation sites is 1. The Bertz CT molecular complexity index is 398. The fourth-order valence-corrected chi connectivity index (χ4v) is 3.20. The van der Waals surface area contributed by atoms with Crippen LogP contribution in [-0.4, -0.2) is 25.2 Å². The lowest BCUT2D eigenvalue weighted by molar-refractivity contribution is 0.453. The number of rotatable bonds is 6. The summed E-state index contributed by atoms with van der Waals surface area (Å²) in [5, 5.41) is 3.73. The van der Waals surface area contributed by atoms with E-state index in [4.69, 9.17) is 0 Å². The predicted molar refractivity (Wildman–Crippen MR) is 88.6 cm³/mol. The van der Waals surface area contributed by atoms with Gasteiger partial charge in [0.15, 0.2) is 0 Å². The third kappa shape index (κ3) is 3.76. The van der Waals surface area contributed by atoms with Crippen molar-refractivity contribution < 1.29 is 0 Å². The highest BCUT2D eigenvalue weighted by molar-refractivity contribution is 5.55. The smallest absolute Gasteiger partial charge is 0.0401 e. The molecule has 0 aromatic heterocycles. The number of nitrogens with one attached hydrogen (secondary N) is 1. The Labute approximate surface area is 124 Å². The largest absolute Gasteiger partial charge is 0.367 e. The van der Waals surface area contributed by atoms with E-state index < -0.39 is 0 Å². The van der Waals surface area contributed by atoms with Crippen molar-refractivity contribution in [2.24, 2.45) is 0 Å². The SMILES string of the molecule is CCC(CC)NCC(C)N1CCCCc2ccccc21. The number of nitrogens with zero attached hydrogens (tertiary/aromatic N) is 1. The zero-order valence-electron chi connectivity index (χ0n) is 13.4. The zero-order valence-corrected chi connectivity index (χ0v) is 13.4. The summed E-state index contributed by atoms with van der Waals surface area (Å²) in [6.07, 6.45) is 6.31. The highest BCUT2D eigenvalue weighted by atomic mass is 15.2. The summed E-state index contributed by atoms with van der Waals surface area (Å²) in [7, 11) is 0. The van der Waals surface area contributed by atoms with Gasteiger partial charge in [0, 0.05) is 30.9 Å². The van der Waals surface area contributed by atoms with Gasteiger partial charge in [0.2, 0.25) is 0 Å². The molecule has 0 aliphatic carbocycles. The molecule has 0 radical (unpaired) electrons. The fourth-order valence-electron chi connectivity index (χ4n) is 3.20. The van der Waals surface area contributed by atoms with E-state index in [0.717, 1.165) is 6.54 Å². The van der Waals surface area contributed by atoms with Crippen molar-refractivity contribution in [3.8, 4) is 0 Å². The summed E-state index contributed by atoms with van der Waals surface area (Å²) in [6.45, 7) is 9.18. The van der Waals surface area contributed by atoms with Crippen LogP contribution in [0.1, 0.15) is 52.0 Å². The van der Waals surface area contributed by atoms with Gasteiger partial charge in [-0.2, -0.15) is 0 Å². The van der Waals surface area contributed by atoms with Gasteiger partial charge < -0.3 is 10.2 Å². The van der Waals surface area contributed by atoms with Crippen molar-refractivity contribution >= 4 is 5.69 Å². The van der Waals surface area contributed by atoms with Crippen LogP contribution in [0.4, 0.5) is 5.69 Å². The highest BCUT2D eigenvalue weighted by Gasteiger charge is 2.19. The van der Waals surface area contributed by atoms with Crippen LogP contribution < -0.4 is 10.2 Å². The average molecular weight is 274 g/mol. The molecular weight excluding hydrogens is 244 g/mol. The normalized spacial score (nSPS) is 16.9. The molecule has 2 rings (SSSR count). The fraction of sp³-hybridized carbons (Fsp3) is 0.667. The molecule has 20 heavy (non-hydrogen) atoms. The van der Waals surface area contributed by atoms with Gasteiger partial charge in [-0.25, -0.2) is 0 Å². The number of benzene rings is 1. The maximum atomic E-state index is 3.73. The topological polar surface area (TPSA) is 15.3 Å². The van der Waals surface area contributed by atoms with Crippen molar-refractivity contribution in [2.75, 3.05) is 18.0 Å². The molecule has 1 atom stereocenters. The first-order valence-corrected chi connectivity index (χ1v) is 8.34. The van der Waals surface area contributed by atoms with E-state index in [1.807, 2.05) is 0 Å². The van der Waals surface area contributed by atoms with Crippen molar-refractivity contribution in [1.82, 2.24) is 5.32 Å². The van der Waals surface area contributed by atoms with E-state index in [0.29, 0.717) is 12.1 Å². The minimum absolute atomic E-state index is 0.565. The number of hydrogen-bond donors (Lipinski definition) is 1. The van der Waals surface area contributed by atoms with Crippen LogP contribution in [0.5, 0.6) is 0 Å². The third-order valence-electron chi connectivity index (χ3n) is 4.62.